The first-order chi connectivity index (χ1) is 6.33. The Morgan fingerprint density at radius 1 is 1.46 bits per heavy atom. The van der Waals surface area contributed by atoms with Crippen LogP contribution in [0.1, 0.15) is 32.6 Å². The molecule has 0 aromatic carbocycles. The maximum atomic E-state index is 11.2. The van der Waals surface area contributed by atoms with E-state index in [-0.39, 0.29) is 5.97 Å². The van der Waals surface area contributed by atoms with Crippen LogP contribution in [0.3, 0.4) is 0 Å². The molecule has 1 N–H and O–H groups in total. The molecule has 76 valence electrons. The summed E-state index contributed by atoms with van der Waals surface area (Å²) in [5, 5.41) is 3.33. The standard InChI is InChI=1S/C10H19NO2/c1-2-13-10(12)8-9-4-3-6-11-7-5-9/h9,11H,2-8H2,1H3. The van der Waals surface area contributed by atoms with Crippen LogP contribution in [0.2, 0.25) is 0 Å². The summed E-state index contributed by atoms with van der Waals surface area (Å²) >= 11 is 0. The molecule has 0 saturated carbocycles. The highest BCUT2D eigenvalue weighted by Gasteiger charge is 2.15. The van der Waals surface area contributed by atoms with E-state index in [1.54, 1.807) is 0 Å². The Balaban J connectivity index is 2.21. The van der Waals surface area contributed by atoms with Gasteiger partial charge >= 0.3 is 5.97 Å². The summed E-state index contributed by atoms with van der Waals surface area (Å²) in [6, 6.07) is 0. The Morgan fingerprint density at radius 3 is 3.08 bits per heavy atom. The molecule has 1 rings (SSSR count). The fourth-order valence-electron chi connectivity index (χ4n) is 1.75. The van der Waals surface area contributed by atoms with E-state index in [0.29, 0.717) is 18.9 Å². The van der Waals surface area contributed by atoms with Crippen molar-refractivity contribution in [2.45, 2.75) is 32.6 Å². The third-order valence-corrected chi connectivity index (χ3v) is 2.46. The van der Waals surface area contributed by atoms with Crippen LogP contribution in [-0.2, 0) is 9.53 Å². The van der Waals surface area contributed by atoms with Crippen LogP contribution < -0.4 is 5.32 Å². The molecule has 0 spiro atoms. The van der Waals surface area contributed by atoms with Gasteiger partial charge in [0.05, 0.1) is 6.61 Å². The van der Waals surface area contributed by atoms with E-state index in [4.69, 9.17) is 4.74 Å². The predicted molar refractivity (Wildman–Crippen MR) is 51.5 cm³/mol. The highest BCUT2D eigenvalue weighted by atomic mass is 16.5. The summed E-state index contributed by atoms with van der Waals surface area (Å²) in [5.74, 6) is 0.503. The van der Waals surface area contributed by atoms with Gasteiger partial charge in [-0.1, -0.05) is 0 Å². The molecule has 1 aliphatic rings. The van der Waals surface area contributed by atoms with Crippen LogP contribution >= 0.6 is 0 Å². The monoisotopic (exact) mass is 185 g/mol. The van der Waals surface area contributed by atoms with Crippen molar-refractivity contribution >= 4 is 5.97 Å². The normalized spacial score (nSPS) is 23.6. The van der Waals surface area contributed by atoms with Crippen molar-refractivity contribution in [1.29, 1.82) is 0 Å². The zero-order chi connectivity index (χ0) is 9.52. The van der Waals surface area contributed by atoms with Crippen LogP contribution in [0.4, 0.5) is 0 Å². The molecule has 1 heterocycles. The number of carbonyl (C=O) groups is 1. The van der Waals surface area contributed by atoms with Crippen LogP contribution in [-0.4, -0.2) is 25.7 Å². The zero-order valence-corrected chi connectivity index (χ0v) is 8.34. The van der Waals surface area contributed by atoms with Gasteiger partial charge in [-0.05, 0) is 45.2 Å². The third kappa shape index (κ3) is 4.27. The molecule has 13 heavy (non-hydrogen) atoms. The molecule has 0 aliphatic carbocycles. The average molecular weight is 185 g/mol. The Bertz CT molecular complexity index is 151. The molecule has 0 aromatic rings. The average Bonchev–Trinajstić information content (AvgIpc) is 2.33. The summed E-state index contributed by atoms with van der Waals surface area (Å²) in [6.07, 6.45) is 4.06. The van der Waals surface area contributed by atoms with E-state index in [9.17, 15) is 4.79 Å². The molecule has 1 fully saturated rings. The van der Waals surface area contributed by atoms with Crippen molar-refractivity contribution in [3.63, 3.8) is 0 Å². The summed E-state index contributed by atoms with van der Waals surface area (Å²) in [7, 11) is 0. The van der Waals surface area contributed by atoms with Gasteiger partial charge in [0.25, 0.3) is 0 Å². The topological polar surface area (TPSA) is 38.3 Å². The minimum atomic E-state index is -0.0330. The number of rotatable bonds is 3. The van der Waals surface area contributed by atoms with Gasteiger partial charge in [-0.25, -0.2) is 0 Å². The molecule has 1 atom stereocenters. The predicted octanol–water partition coefficient (Wildman–Crippen LogP) is 1.33. The number of nitrogens with one attached hydrogen (secondary N) is 1. The van der Waals surface area contributed by atoms with E-state index in [0.717, 1.165) is 25.9 Å². The highest BCUT2D eigenvalue weighted by Crippen LogP contribution is 2.17. The summed E-state index contributed by atoms with van der Waals surface area (Å²) in [6.45, 7) is 4.50. The van der Waals surface area contributed by atoms with Gasteiger partial charge in [0, 0.05) is 6.42 Å². The first-order valence-electron chi connectivity index (χ1n) is 5.19. The van der Waals surface area contributed by atoms with Crippen LogP contribution in [0.25, 0.3) is 0 Å². The molecule has 0 amide bonds. The molecule has 0 aromatic heterocycles. The smallest absolute Gasteiger partial charge is 0.306 e. The van der Waals surface area contributed by atoms with Gasteiger partial charge in [-0.15, -0.1) is 0 Å². The lowest BCUT2D eigenvalue weighted by molar-refractivity contribution is -0.144. The number of hydrogen-bond donors (Lipinski definition) is 1. The van der Waals surface area contributed by atoms with Gasteiger partial charge in [0.15, 0.2) is 0 Å². The summed E-state index contributed by atoms with van der Waals surface area (Å²) in [4.78, 5) is 11.2. The minimum Gasteiger partial charge on any atom is -0.466 e. The zero-order valence-electron chi connectivity index (χ0n) is 8.34. The first-order valence-corrected chi connectivity index (χ1v) is 5.19. The SMILES string of the molecule is CCOC(=O)CC1CCCNCC1. The summed E-state index contributed by atoms with van der Waals surface area (Å²) < 4.78 is 4.93. The largest absolute Gasteiger partial charge is 0.466 e. The lowest BCUT2D eigenvalue weighted by atomic mass is 9.97. The Labute approximate surface area is 79.8 Å². The molecular weight excluding hydrogens is 166 g/mol. The number of esters is 1. The van der Waals surface area contributed by atoms with Crippen LogP contribution in [0.15, 0.2) is 0 Å². The Hall–Kier alpha value is -0.570. The van der Waals surface area contributed by atoms with E-state index >= 15 is 0 Å². The van der Waals surface area contributed by atoms with Crippen molar-refractivity contribution in [3.8, 4) is 0 Å². The quantitative estimate of drug-likeness (QED) is 0.674. The first kappa shape index (κ1) is 10.5. The second-order valence-electron chi connectivity index (χ2n) is 3.56. The highest BCUT2D eigenvalue weighted by molar-refractivity contribution is 5.69. The maximum Gasteiger partial charge on any atom is 0.306 e. The van der Waals surface area contributed by atoms with Crippen molar-refractivity contribution in [3.05, 3.63) is 0 Å². The Kier molecular flexibility index (Phi) is 4.83. The van der Waals surface area contributed by atoms with Gasteiger partial charge in [0.1, 0.15) is 0 Å². The van der Waals surface area contributed by atoms with Crippen LogP contribution in [0, 0.1) is 5.92 Å². The van der Waals surface area contributed by atoms with Crippen molar-refractivity contribution in [2.24, 2.45) is 5.92 Å². The summed E-state index contributed by atoms with van der Waals surface area (Å²) in [5.41, 5.74) is 0. The number of hydrogen-bond acceptors (Lipinski definition) is 3. The van der Waals surface area contributed by atoms with E-state index in [1.165, 1.54) is 6.42 Å². The maximum absolute atomic E-state index is 11.2. The fraction of sp³-hybridized carbons (Fsp3) is 0.900. The molecule has 0 bridgehead atoms. The van der Waals surface area contributed by atoms with Gasteiger partial charge < -0.3 is 10.1 Å². The van der Waals surface area contributed by atoms with Gasteiger partial charge in [-0.3, -0.25) is 4.79 Å². The van der Waals surface area contributed by atoms with E-state index < -0.39 is 0 Å². The Morgan fingerprint density at radius 2 is 2.31 bits per heavy atom. The second kappa shape index (κ2) is 5.97. The van der Waals surface area contributed by atoms with Crippen molar-refractivity contribution in [2.75, 3.05) is 19.7 Å². The molecular formula is C10H19NO2. The molecule has 1 unspecified atom stereocenters. The minimum absolute atomic E-state index is 0.0330. The second-order valence-corrected chi connectivity index (χ2v) is 3.56. The number of carbonyl (C=O) groups excluding carboxylic acids is 1. The van der Waals surface area contributed by atoms with Crippen molar-refractivity contribution < 1.29 is 9.53 Å². The molecule has 1 aliphatic heterocycles. The molecule has 3 heteroatoms. The van der Waals surface area contributed by atoms with Gasteiger partial charge in [0.2, 0.25) is 0 Å². The van der Waals surface area contributed by atoms with Crippen molar-refractivity contribution in [1.82, 2.24) is 5.32 Å². The molecule has 3 nitrogen and oxygen atoms in total. The fourth-order valence-corrected chi connectivity index (χ4v) is 1.75. The molecule has 0 radical (unpaired) electrons. The molecule has 1 saturated heterocycles. The lowest BCUT2D eigenvalue weighted by Gasteiger charge is -2.11. The van der Waals surface area contributed by atoms with E-state index in [2.05, 4.69) is 5.32 Å². The number of ether oxygens (including phenoxy) is 1. The van der Waals surface area contributed by atoms with E-state index in [1.807, 2.05) is 6.92 Å². The lowest BCUT2D eigenvalue weighted by Crippen LogP contribution is -2.15. The van der Waals surface area contributed by atoms with Gasteiger partial charge in [-0.2, -0.15) is 0 Å². The van der Waals surface area contributed by atoms with Crippen LogP contribution in [0.5, 0.6) is 0 Å². The third-order valence-electron chi connectivity index (χ3n) is 2.46.